The van der Waals surface area contributed by atoms with Gasteiger partial charge in [-0.3, -0.25) is 4.79 Å². The second-order valence-corrected chi connectivity index (χ2v) is 4.83. The molecule has 1 saturated carbocycles. The molecule has 0 atom stereocenters. The van der Waals surface area contributed by atoms with Gasteiger partial charge in [0.1, 0.15) is 11.6 Å². The van der Waals surface area contributed by atoms with E-state index in [2.05, 4.69) is 5.32 Å². The molecule has 19 heavy (non-hydrogen) atoms. The second-order valence-electron chi connectivity index (χ2n) is 4.83. The van der Waals surface area contributed by atoms with Crippen molar-refractivity contribution < 1.29 is 19.0 Å². The maximum Gasteiger partial charge on any atom is 0.224 e. The van der Waals surface area contributed by atoms with Gasteiger partial charge in [-0.1, -0.05) is 0 Å². The Morgan fingerprint density at radius 2 is 2.26 bits per heavy atom. The first-order valence-electron chi connectivity index (χ1n) is 6.48. The van der Waals surface area contributed by atoms with E-state index in [9.17, 15) is 9.18 Å². The summed E-state index contributed by atoms with van der Waals surface area (Å²) in [6.45, 7) is 2.65. The lowest BCUT2D eigenvalue weighted by Crippen LogP contribution is -2.33. The predicted octanol–water partition coefficient (Wildman–Crippen LogP) is 2.68. The second kappa shape index (κ2) is 6.02. The van der Waals surface area contributed by atoms with E-state index in [1.807, 2.05) is 6.92 Å². The minimum absolute atomic E-state index is 0.100. The summed E-state index contributed by atoms with van der Waals surface area (Å²) in [4.78, 5) is 11.7. The topological polar surface area (TPSA) is 58.6 Å². The van der Waals surface area contributed by atoms with Crippen molar-refractivity contribution in [3.8, 4) is 5.75 Å². The van der Waals surface area contributed by atoms with E-state index >= 15 is 0 Å². The highest BCUT2D eigenvalue weighted by atomic mass is 19.1. The third kappa shape index (κ3) is 3.67. The minimum atomic E-state index is -0.630. The van der Waals surface area contributed by atoms with Crippen LogP contribution in [0.15, 0.2) is 18.2 Å². The van der Waals surface area contributed by atoms with Gasteiger partial charge in [-0.2, -0.15) is 0 Å². The van der Waals surface area contributed by atoms with Crippen LogP contribution in [-0.4, -0.2) is 23.7 Å². The minimum Gasteiger partial charge on any atom is -0.508 e. The number of aromatic hydroxyl groups is 1. The number of hydrogen-bond acceptors (Lipinski definition) is 3. The number of carbonyl (C=O) groups excluding carboxylic acids is 1. The van der Waals surface area contributed by atoms with Crippen LogP contribution in [-0.2, 0) is 9.53 Å². The molecular formula is C14H18FNO3. The zero-order valence-electron chi connectivity index (χ0n) is 10.9. The number of phenols is 1. The van der Waals surface area contributed by atoms with Crippen LogP contribution < -0.4 is 5.32 Å². The molecule has 1 aromatic rings. The molecule has 1 aromatic carbocycles. The monoisotopic (exact) mass is 267 g/mol. The molecule has 1 aliphatic carbocycles. The molecule has 0 radical (unpaired) electrons. The van der Waals surface area contributed by atoms with E-state index < -0.39 is 5.82 Å². The third-order valence-electron chi connectivity index (χ3n) is 3.30. The van der Waals surface area contributed by atoms with Gasteiger partial charge in [-0.15, -0.1) is 0 Å². The Labute approximate surface area is 111 Å². The fourth-order valence-electron chi connectivity index (χ4n) is 2.28. The van der Waals surface area contributed by atoms with Crippen molar-refractivity contribution in [3.63, 3.8) is 0 Å². The van der Waals surface area contributed by atoms with Crippen molar-refractivity contribution in [2.24, 2.45) is 5.92 Å². The van der Waals surface area contributed by atoms with Crippen LogP contribution in [0, 0.1) is 11.7 Å². The van der Waals surface area contributed by atoms with E-state index in [0.717, 1.165) is 18.9 Å². The number of amides is 1. The highest BCUT2D eigenvalue weighted by Gasteiger charge is 2.31. The Balaban J connectivity index is 1.79. The Bertz CT molecular complexity index is 458. The molecular weight excluding hydrogens is 249 g/mol. The maximum atomic E-state index is 13.4. The van der Waals surface area contributed by atoms with E-state index in [1.54, 1.807) is 0 Å². The predicted molar refractivity (Wildman–Crippen MR) is 69.4 cm³/mol. The van der Waals surface area contributed by atoms with Gasteiger partial charge in [-0.25, -0.2) is 4.39 Å². The summed E-state index contributed by atoms with van der Waals surface area (Å²) in [5, 5.41) is 11.6. The van der Waals surface area contributed by atoms with Crippen LogP contribution in [0.25, 0.3) is 0 Å². The van der Waals surface area contributed by atoms with Crippen LogP contribution in [0.2, 0.25) is 0 Å². The number of nitrogens with one attached hydrogen (secondary N) is 1. The molecule has 0 aromatic heterocycles. The van der Waals surface area contributed by atoms with Gasteiger partial charge < -0.3 is 15.2 Å². The fourth-order valence-corrected chi connectivity index (χ4v) is 2.28. The molecule has 0 heterocycles. The average molecular weight is 267 g/mol. The van der Waals surface area contributed by atoms with Crippen molar-refractivity contribution in [1.29, 1.82) is 0 Å². The van der Waals surface area contributed by atoms with E-state index in [4.69, 9.17) is 9.84 Å². The van der Waals surface area contributed by atoms with Crippen molar-refractivity contribution >= 4 is 11.6 Å². The molecule has 0 bridgehead atoms. The van der Waals surface area contributed by atoms with Gasteiger partial charge in [0.05, 0.1) is 11.8 Å². The average Bonchev–Trinajstić information content (AvgIpc) is 2.30. The normalized spacial score (nSPS) is 21.8. The van der Waals surface area contributed by atoms with Crippen molar-refractivity contribution in [2.75, 3.05) is 11.9 Å². The van der Waals surface area contributed by atoms with Crippen LogP contribution in [0.1, 0.15) is 26.2 Å². The summed E-state index contributed by atoms with van der Waals surface area (Å²) >= 11 is 0. The number of rotatable bonds is 5. The van der Waals surface area contributed by atoms with Crippen LogP contribution in [0.5, 0.6) is 5.75 Å². The lowest BCUT2D eigenvalue weighted by Gasteiger charge is -2.34. The standard InChI is InChI=1S/C14H18FNO3/c1-2-19-11-5-9(6-11)7-14(18)16-13-4-3-10(17)8-12(13)15/h3-4,8-9,11,17H,2,5-7H2,1H3,(H,16,18). The fraction of sp³-hybridized carbons (Fsp3) is 0.500. The van der Waals surface area contributed by atoms with Gasteiger partial charge in [-0.05, 0) is 37.8 Å². The maximum absolute atomic E-state index is 13.4. The van der Waals surface area contributed by atoms with Crippen LogP contribution in [0.3, 0.4) is 0 Å². The lowest BCUT2D eigenvalue weighted by molar-refractivity contribution is -0.119. The molecule has 1 fully saturated rings. The Hall–Kier alpha value is -1.62. The lowest BCUT2D eigenvalue weighted by atomic mass is 9.80. The molecule has 0 aliphatic heterocycles. The molecule has 4 nitrogen and oxygen atoms in total. The highest BCUT2D eigenvalue weighted by molar-refractivity contribution is 5.91. The number of anilines is 1. The Morgan fingerprint density at radius 3 is 2.89 bits per heavy atom. The molecule has 0 saturated heterocycles. The molecule has 1 aliphatic rings. The SMILES string of the molecule is CCOC1CC(CC(=O)Nc2ccc(O)cc2F)C1. The number of ether oxygens (including phenoxy) is 1. The molecule has 5 heteroatoms. The first kappa shape index (κ1) is 13.8. The Kier molecular flexibility index (Phi) is 4.37. The van der Waals surface area contributed by atoms with Gasteiger partial charge in [0.2, 0.25) is 5.91 Å². The van der Waals surface area contributed by atoms with Crippen molar-refractivity contribution in [2.45, 2.75) is 32.3 Å². The van der Waals surface area contributed by atoms with Gasteiger partial charge in [0.25, 0.3) is 0 Å². The van der Waals surface area contributed by atoms with Gasteiger partial charge in [0.15, 0.2) is 0 Å². The summed E-state index contributed by atoms with van der Waals surface area (Å²) < 4.78 is 18.8. The number of halogens is 1. The van der Waals surface area contributed by atoms with E-state index in [0.29, 0.717) is 18.9 Å². The molecule has 2 rings (SSSR count). The smallest absolute Gasteiger partial charge is 0.224 e. The van der Waals surface area contributed by atoms with Gasteiger partial charge in [0, 0.05) is 19.1 Å². The summed E-state index contributed by atoms with van der Waals surface area (Å²) in [7, 11) is 0. The summed E-state index contributed by atoms with van der Waals surface area (Å²) in [6, 6.07) is 3.67. The van der Waals surface area contributed by atoms with E-state index in [1.165, 1.54) is 12.1 Å². The zero-order valence-corrected chi connectivity index (χ0v) is 10.9. The van der Waals surface area contributed by atoms with Crippen LogP contribution in [0.4, 0.5) is 10.1 Å². The Morgan fingerprint density at radius 1 is 1.53 bits per heavy atom. The molecule has 0 unspecified atom stereocenters. The largest absolute Gasteiger partial charge is 0.508 e. The number of phenolic OH excluding ortho intramolecular Hbond substituents is 1. The van der Waals surface area contributed by atoms with Crippen LogP contribution >= 0.6 is 0 Å². The zero-order chi connectivity index (χ0) is 13.8. The molecule has 104 valence electrons. The molecule has 2 N–H and O–H groups in total. The summed E-state index contributed by atoms with van der Waals surface area (Å²) in [6.07, 6.45) is 2.43. The third-order valence-corrected chi connectivity index (χ3v) is 3.30. The number of benzene rings is 1. The molecule has 0 spiro atoms. The first-order valence-corrected chi connectivity index (χ1v) is 6.48. The number of carbonyl (C=O) groups is 1. The van der Waals surface area contributed by atoms with Crippen molar-refractivity contribution in [3.05, 3.63) is 24.0 Å². The number of hydrogen-bond donors (Lipinski definition) is 2. The first-order chi connectivity index (χ1) is 9.08. The summed E-state index contributed by atoms with van der Waals surface area (Å²) in [5.74, 6) is -0.676. The van der Waals surface area contributed by atoms with E-state index in [-0.39, 0.29) is 23.4 Å². The van der Waals surface area contributed by atoms with Crippen molar-refractivity contribution in [1.82, 2.24) is 0 Å². The summed E-state index contributed by atoms with van der Waals surface area (Å²) in [5.41, 5.74) is 0.100. The highest BCUT2D eigenvalue weighted by Crippen LogP contribution is 2.33. The van der Waals surface area contributed by atoms with Gasteiger partial charge >= 0.3 is 0 Å². The quantitative estimate of drug-likeness (QED) is 0.806. The molecule has 1 amide bonds.